The Morgan fingerprint density at radius 1 is 1.15 bits per heavy atom. The Bertz CT molecular complexity index is 251. The molecule has 0 radical (unpaired) electrons. The molecule has 72 valence electrons. The van der Waals surface area contributed by atoms with E-state index in [0.717, 1.165) is 0 Å². The molecule has 0 spiro atoms. The average molecular weight is 190 g/mol. The fourth-order valence-electron chi connectivity index (χ4n) is 1.94. The molecule has 2 bridgehead atoms. The van der Waals surface area contributed by atoms with E-state index in [1.807, 2.05) is 0 Å². The molecule has 2 rings (SSSR count). The first-order valence-corrected chi connectivity index (χ1v) is 4.11. The second-order valence-electron chi connectivity index (χ2n) is 3.63. The smallest absolute Gasteiger partial charge is 0.316 e. The lowest BCUT2D eigenvalue weighted by atomic mass is 9.77. The van der Waals surface area contributed by atoms with Gasteiger partial charge < -0.3 is 4.74 Å². The fraction of sp³-hybridized carbons (Fsp3) is 0.750. The van der Waals surface area contributed by atoms with E-state index in [-0.39, 0.29) is 6.42 Å². The van der Waals surface area contributed by atoms with E-state index in [1.54, 1.807) is 0 Å². The molecule has 5 heteroatoms. The van der Waals surface area contributed by atoms with Crippen LogP contribution in [0.2, 0.25) is 0 Å². The van der Waals surface area contributed by atoms with Crippen LogP contribution in [0.4, 0.5) is 8.78 Å². The normalized spacial score (nSPS) is 37.1. The first-order valence-electron chi connectivity index (χ1n) is 4.11. The number of hydrogen-bond acceptors (Lipinski definition) is 3. The van der Waals surface area contributed by atoms with Crippen molar-refractivity contribution in [2.75, 3.05) is 0 Å². The van der Waals surface area contributed by atoms with Gasteiger partial charge in [0.2, 0.25) is 5.92 Å². The number of alkyl halides is 2. The fourth-order valence-corrected chi connectivity index (χ4v) is 1.94. The van der Waals surface area contributed by atoms with E-state index in [9.17, 15) is 18.4 Å². The monoisotopic (exact) mass is 190 g/mol. The van der Waals surface area contributed by atoms with Crippen LogP contribution in [-0.2, 0) is 14.3 Å². The third kappa shape index (κ3) is 1.43. The standard InChI is InChI=1S/C8H8F2O3/c9-8(10)2-4-1-5(3-8)7(12)13-6(4)11/h4-5H,1-3H2/t4-,5+. The van der Waals surface area contributed by atoms with Crippen LogP contribution in [0.5, 0.6) is 0 Å². The molecule has 1 saturated carbocycles. The minimum absolute atomic E-state index is 0.229. The number of carbonyl (C=O) groups is 2. The van der Waals surface area contributed by atoms with Crippen molar-refractivity contribution in [3.63, 3.8) is 0 Å². The Morgan fingerprint density at radius 3 is 2.08 bits per heavy atom. The van der Waals surface area contributed by atoms with Gasteiger partial charge in [0.25, 0.3) is 0 Å². The van der Waals surface area contributed by atoms with Crippen LogP contribution in [0.15, 0.2) is 0 Å². The number of carbonyl (C=O) groups excluding carboxylic acids is 2. The van der Waals surface area contributed by atoms with Gasteiger partial charge in [-0.2, -0.15) is 0 Å². The Morgan fingerprint density at radius 2 is 1.62 bits per heavy atom. The lowest BCUT2D eigenvalue weighted by molar-refractivity contribution is -0.186. The van der Waals surface area contributed by atoms with E-state index in [2.05, 4.69) is 4.74 Å². The number of hydrogen-bond donors (Lipinski definition) is 0. The van der Waals surface area contributed by atoms with Crippen LogP contribution in [0.25, 0.3) is 0 Å². The lowest BCUT2D eigenvalue weighted by Crippen LogP contribution is -2.44. The molecular weight excluding hydrogens is 182 g/mol. The van der Waals surface area contributed by atoms with E-state index in [1.165, 1.54) is 0 Å². The number of esters is 2. The molecule has 13 heavy (non-hydrogen) atoms. The molecule has 0 unspecified atom stereocenters. The van der Waals surface area contributed by atoms with Crippen molar-refractivity contribution in [1.82, 2.24) is 0 Å². The molecule has 0 N–H and O–H groups in total. The molecule has 1 saturated heterocycles. The zero-order chi connectivity index (χ0) is 9.64. The maximum absolute atomic E-state index is 12.9. The zero-order valence-electron chi connectivity index (χ0n) is 6.76. The Hall–Kier alpha value is -1.00. The highest BCUT2D eigenvalue weighted by Gasteiger charge is 2.50. The van der Waals surface area contributed by atoms with Crippen LogP contribution in [0, 0.1) is 11.8 Å². The van der Waals surface area contributed by atoms with Crippen molar-refractivity contribution in [3.05, 3.63) is 0 Å². The van der Waals surface area contributed by atoms with Crippen LogP contribution in [-0.4, -0.2) is 17.9 Å². The number of fused-ring (bicyclic) bond motifs is 2. The number of halogens is 2. The third-order valence-electron chi connectivity index (χ3n) is 2.53. The molecule has 3 nitrogen and oxygen atoms in total. The maximum Gasteiger partial charge on any atom is 0.316 e. The Labute approximate surface area is 73.0 Å². The predicted molar refractivity (Wildman–Crippen MR) is 36.9 cm³/mol. The van der Waals surface area contributed by atoms with Gasteiger partial charge in [-0.25, -0.2) is 8.78 Å². The molecule has 0 aromatic heterocycles. The summed E-state index contributed by atoms with van der Waals surface area (Å²) < 4.78 is 30.2. The van der Waals surface area contributed by atoms with Gasteiger partial charge in [0.05, 0.1) is 11.8 Å². The molecule has 2 fully saturated rings. The Kier molecular flexibility index (Phi) is 1.65. The maximum atomic E-state index is 12.9. The SMILES string of the molecule is O=C1OC(=O)[C@H]2C[C@@H]1CC(F)(F)C2. The summed E-state index contributed by atoms with van der Waals surface area (Å²) in [6.45, 7) is 0. The average Bonchev–Trinajstić information content (AvgIpc) is 1.98. The molecule has 2 atom stereocenters. The summed E-state index contributed by atoms with van der Waals surface area (Å²) in [6, 6.07) is 0. The van der Waals surface area contributed by atoms with Crippen molar-refractivity contribution in [1.29, 1.82) is 0 Å². The largest absolute Gasteiger partial charge is 0.393 e. The van der Waals surface area contributed by atoms with Gasteiger partial charge in [-0.3, -0.25) is 9.59 Å². The quantitative estimate of drug-likeness (QED) is 0.424. The third-order valence-corrected chi connectivity index (χ3v) is 2.53. The van der Waals surface area contributed by atoms with Crippen molar-refractivity contribution >= 4 is 11.9 Å². The van der Waals surface area contributed by atoms with E-state index in [4.69, 9.17) is 0 Å². The molecule has 0 aromatic carbocycles. The molecule has 1 aliphatic carbocycles. The van der Waals surface area contributed by atoms with Crippen molar-refractivity contribution in [3.8, 4) is 0 Å². The minimum atomic E-state index is -2.89. The second kappa shape index (κ2) is 2.49. The van der Waals surface area contributed by atoms with Gasteiger partial charge in [-0.05, 0) is 6.42 Å². The van der Waals surface area contributed by atoms with Crippen molar-refractivity contribution < 1.29 is 23.1 Å². The minimum Gasteiger partial charge on any atom is -0.393 e. The van der Waals surface area contributed by atoms with Crippen LogP contribution in [0.3, 0.4) is 0 Å². The van der Waals surface area contributed by atoms with Crippen LogP contribution < -0.4 is 0 Å². The lowest BCUT2D eigenvalue weighted by Gasteiger charge is -2.35. The summed E-state index contributed by atoms with van der Waals surface area (Å²) in [4.78, 5) is 21.9. The molecule has 2 aliphatic rings. The zero-order valence-corrected chi connectivity index (χ0v) is 6.76. The van der Waals surface area contributed by atoms with Gasteiger partial charge in [0.1, 0.15) is 0 Å². The van der Waals surface area contributed by atoms with Gasteiger partial charge >= 0.3 is 11.9 Å². The molecule has 1 aliphatic heterocycles. The highest BCUT2D eigenvalue weighted by atomic mass is 19.3. The summed E-state index contributed by atoms with van der Waals surface area (Å²) in [7, 11) is 0. The summed E-state index contributed by atoms with van der Waals surface area (Å²) in [5, 5.41) is 0. The number of ether oxygens (including phenoxy) is 1. The first-order chi connectivity index (χ1) is 5.98. The summed E-state index contributed by atoms with van der Waals surface area (Å²) >= 11 is 0. The number of rotatable bonds is 0. The van der Waals surface area contributed by atoms with Crippen molar-refractivity contribution in [2.24, 2.45) is 11.8 Å². The molecule has 1 heterocycles. The summed E-state index contributed by atoms with van der Waals surface area (Å²) in [5.41, 5.74) is 0. The Balaban J connectivity index is 2.23. The highest BCUT2D eigenvalue weighted by molar-refractivity contribution is 5.91. The number of cyclic esters (lactones) is 2. The molecular formula is C8H8F2O3. The van der Waals surface area contributed by atoms with Crippen molar-refractivity contribution in [2.45, 2.75) is 25.2 Å². The topological polar surface area (TPSA) is 43.4 Å². The van der Waals surface area contributed by atoms with E-state index < -0.39 is 42.5 Å². The van der Waals surface area contributed by atoms with E-state index in [0.29, 0.717) is 0 Å². The van der Waals surface area contributed by atoms with Gasteiger partial charge in [0.15, 0.2) is 0 Å². The van der Waals surface area contributed by atoms with Crippen LogP contribution >= 0.6 is 0 Å². The van der Waals surface area contributed by atoms with Gasteiger partial charge in [0, 0.05) is 12.8 Å². The van der Waals surface area contributed by atoms with Gasteiger partial charge in [-0.15, -0.1) is 0 Å². The second-order valence-corrected chi connectivity index (χ2v) is 3.63. The molecule has 0 aromatic rings. The molecule has 0 amide bonds. The summed E-state index contributed by atoms with van der Waals surface area (Å²) in [5.74, 6) is -6.04. The van der Waals surface area contributed by atoms with Gasteiger partial charge in [-0.1, -0.05) is 0 Å². The summed E-state index contributed by atoms with van der Waals surface area (Å²) in [6.07, 6.45) is -0.724. The highest BCUT2D eigenvalue weighted by Crippen LogP contribution is 2.43. The van der Waals surface area contributed by atoms with E-state index >= 15 is 0 Å². The predicted octanol–water partition coefficient (Wildman–Crippen LogP) is 1.12. The van der Waals surface area contributed by atoms with Crippen LogP contribution in [0.1, 0.15) is 19.3 Å². The first kappa shape index (κ1) is 8.59.